The van der Waals surface area contributed by atoms with E-state index in [1.807, 2.05) is 0 Å². The molecule has 0 aliphatic heterocycles. The highest BCUT2D eigenvalue weighted by atomic mass is 32.2. The van der Waals surface area contributed by atoms with E-state index in [0.29, 0.717) is 17.1 Å². The average Bonchev–Trinajstić information content (AvgIpc) is 2.47. The van der Waals surface area contributed by atoms with E-state index in [4.69, 9.17) is 15.7 Å². The van der Waals surface area contributed by atoms with Crippen LogP contribution in [0, 0.1) is 0 Å². The van der Waals surface area contributed by atoms with Crippen LogP contribution in [-0.4, -0.2) is 25.7 Å². The molecule has 2 aromatic rings. The Morgan fingerprint density at radius 3 is 1.95 bits per heavy atom. The molecule has 6 nitrogen and oxygen atoms in total. The Morgan fingerprint density at radius 2 is 1.52 bits per heavy atom. The first-order valence-corrected chi connectivity index (χ1v) is 7.85. The molecule has 2 rings (SSSR count). The summed E-state index contributed by atoms with van der Waals surface area (Å²) in [5, 5.41) is 11.5. The third-order valence-electron chi connectivity index (χ3n) is 2.75. The topological polar surface area (TPSA) is 102 Å². The van der Waals surface area contributed by atoms with Gasteiger partial charge in [-0.05, 0) is 48.5 Å². The fourth-order valence-corrected chi connectivity index (χ4v) is 2.27. The maximum atomic E-state index is 11.3. The molecule has 0 radical (unpaired) electrons. The van der Waals surface area contributed by atoms with Crippen LogP contribution < -0.4 is 10.5 Å². The number of ether oxygens (including phenoxy) is 1. The molecule has 110 valence electrons. The zero-order chi connectivity index (χ0) is 15.5. The summed E-state index contributed by atoms with van der Waals surface area (Å²) in [6, 6.07) is 12.7. The fourth-order valence-electron chi connectivity index (χ4n) is 1.64. The quantitative estimate of drug-likeness (QED) is 0.389. The van der Waals surface area contributed by atoms with Crippen molar-refractivity contribution in [3.8, 4) is 11.5 Å². The molecule has 0 aliphatic rings. The minimum Gasteiger partial charge on any atom is -0.457 e. The van der Waals surface area contributed by atoms with Crippen molar-refractivity contribution in [1.29, 1.82) is 0 Å². The van der Waals surface area contributed by atoms with Gasteiger partial charge in [0.2, 0.25) is 0 Å². The lowest BCUT2D eigenvalue weighted by atomic mass is 10.2. The molecule has 2 aromatic carbocycles. The smallest absolute Gasteiger partial charge is 0.175 e. The van der Waals surface area contributed by atoms with Crippen molar-refractivity contribution in [2.75, 3.05) is 6.26 Å². The summed E-state index contributed by atoms with van der Waals surface area (Å²) in [5.74, 6) is 1.08. The van der Waals surface area contributed by atoms with Crippen LogP contribution in [0.5, 0.6) is 11.5 Å². The van der Waals surface area contributed by atoms with Gasteiger partial charge in [-0.25, -0.2) is 8.42 Å². The summed E-state index contributed by atoms with van der Waals surface area (Å²) < 4.78 is 28.3. The number of rotatable bonds is 4. The van der Waals surface area contributed by atoms with Gasteiger partial charge in [0.25, 0.3) is 0 Å². The van der Waals surface area contributed by atoms with E-state index in [1.54, 1.807) is 36.4 Å². The van der Waals surface area contributed by atoms with Crippen LogP contribution in [0.3, 0.4) is 0 Å². The molecule has 0 atom stereocenters. The highest BCUT2D eigenvalue weighted by Crippen LogP contribution is 2.23. The number of hydrogen-bond donors (Lipinski definition) is 2. The van der Waals surface area contributed by atoms with Crippen LogP contribution in [0.15, 0.2) is 58.6 Å². The van der Waals surface area contributed by atoms with Gasteiger partial charge in [-0.15, -0.1) is 0 Å². The Labute approximate surface area is 122 Å². The molecule has 0 saturated heterocycles. The summed E-state index contributed by atoms with van der Waals surface area (Å²) in [4.78, 5) is 0.233. The highest BCUT2D eigenvalue weighted by molar-refractivity contribution is 7.90. The molecule has 21 heavy (non-hydrogen) atoms. The number of oxime groups is 1. The first-order chi connectivity index (χ1) is 9.90. The van der Waals surface area contributed by atoms with Gasteiger partial charge in [-0.2, -0.15) is 0 Å². The van der Waals surface area contributed by atoms with Gasteiger partial charge in [-0.3, -0.25) is 0 Å². The lowest BCUT2D eigenvalue weighted by molar-refractivity contribution is 0.318. The number of sulfone groups is 1. The Kier molecular flexibility index (Phi) is 4.13. The van der Waals surface area contributed by atoms with Gasteiger partial charge >= 0.3 is 0 Å². The summed E-state index contributed by atoms with van der Waals surface area (Å²) in [7, 11) is -3.22. The van der Waals surface area contributed by atoms with E-state index < -0.39 is 9.84 Å². The Balaban J connectivity index is 2.15. The number of nitrogens with zero attached hydrogens (tertiary/aromatic N) is 1. The van der Waals surface area contributed by atoms with E-state index in [2.05, 4.69) is 5.16 Å². The predicted molar refractivity (Wildman–Crippen MR) is 78.6 cm³/mol. The second-order valence-corrected chi connectivity index (χ2v) is 6.37. The van der Waals surface area contributed by atoms with Crippen LogP contribution in [0.1, 0.15) is 5.56 Å². The maximum absolute atomic E-state index is 11.3. The third kappa shape index (κ3) is 3.73. The second-order valence-electron chi connectivity index (χ2n) is 4.36. The zero-order valence-electron chi connectivity index (χ0n) is 11.2. The number of hydrogen-bond acceptors (Lipinski definition) is 5. The van der Waals surface area contributed by atoms with Gasteiger partial charge < -0.3 is 15.7 Å². The minimum atomic E-state index is -3.22. The van der Waals surface area contributed by atoms with Gasteiger partial charge in [0.05, 0.1) is 4.90 Å². The largest absolute Gasteiger partial charge is 0.457 e. The predicted octanol–water partition coefficient (Wildman–Crippen LogP) is 1.98. The molecular formula is C14H14N2O4S. The number of benzene rings is 2. The summed E-state index contributed by atoms with van der Waals surface area (Å²) >= 11 is 0. The maximum Gasteiger partial charge on any atom is 0.175 e. The molecule has 0 heterocycles. The average molecular weight is 306 g/mol. The molecule has 3 N–H and O–H groups in total. The van der Waals surface area contributed by atoms with E-state index >= 15 is 0 Å². The van der Waals surface area contributed by atoms with E-state index in [1.165, 1.54) is 12.1 Å². The van der Waals surface area contributed by atoms with Crippen molar-refractivity contribution in [1.82, 2.24) is 0 Å². The lowest BCUT2D eigenvalue weighted by Gasteiger charge is -2.07. The van der Waals surface area contributed by atoms with Gasteiger partial charge in [0.1, 0.15) is 11.5 Å². The Bertz CT molecular complexity index is 751. The fraction of sp³-hybridized carbons (Fsp3) is 0.0714. The second kappa shape index (κ2) is 5.84. The normalized spacial score (nSPS) is 12.1. The van der Waals surface area contributed by atoms with Crippen molar-refractivity contribution < 1.29 is 18.4 Å². The molecule has 0 unspecified atom stereocenters. The zero-order valence-corrected chi connectivity index (χ0v) is 12.0. The lowest BCUT2D eigenvalue weighted by Crippen LogP contribution is -2.12. The first-order valence-electron chi connectivity index (χ1n) is 5.96. The SMILES string of the molecule is CS(=O)(=O)c1ccc(Oc2ccc(/C(N)=N/O)cc2)cc1. The summed E-state index contributed by atoms with van der Waals surface area (Å²) in [6.07, 6.45) is 1.15. The van der Waals surface area contributed by atoms with E-state index in [-0.39, 0.29) is 10.7 Å². The molecule has 0 spiro atoms. The van der Waals surface area contributed by atoms with Crippen LogP contribution in [-0.2, 0) is 9.84 Å². The Morgan fingerprint density at radius 1 is 1.05 bits per heavy atom. The molecular weight excluding hydrogens is 292 g/mol. The molecule has 0 saturated carbocycles. The summed E-state index contributed by atoms with van der Waals surface area (Å²) in [5.41, 5.74) is 6.02. The van der Waals surface area contributed by atoms with Crippen LogP contribution in [0.2, 0.25) is 0 Å². The van der Waals surface area contributed by atoms with Crippen molar-refractivity contribution in [3.63, 3.8) is 0 Å². The van der Waals surface area contributed by atoms with Gasteiger partial charge in [0.15, 0.2) is 15.7 Å². The van der Waals surface area contributed by atoms with Crippen molar-refractivity contribution in [2.45, 2.75) is 4.90 Å². The molecule has 0 amide bonds. The Hall–Kier alpha value is -2.54. The first kappa shape index (κ1) is 14.9. The number of nitrogens with two attached hydrogens (primary N) is 1. The summed E-state index contributed by atoms with van der Waals surface area (Å²) in [6.45, 7) is 0. The van der Waals surface area contributed by atoms with Crippen LogP contribution in [0.25, 0.3) is 0 Å². The molecule has 0 fully saturated rings. The van der Waals surface area contributed by atoms with Gasteiger partial charge in [0, 0.05) is 11.8 Å². The van der Waals surface area contributed by atoms with E-state index in [0.717, 1.165) is 6.26 Å². The molecule has 0 aliphatic carbocycles. The van der Waals surface area contributed by atoms with Crippen molar-refractivity contribution in [2.24, 2.45) is 10.9 Å². The molecule has 0 aromatic heterocycles. The number of amidine groups is 1. The molecule has 7 heteroatoms. The monoisotopic (exact) mass is 306 g/mol. The van der Waals surface area contributed by atoms with E-state index in [9.17, 15) is 8.42 Å². The van der Waals surface area contributed by atoms with Gasteiger partial charge in [-0.1, -0.05) is 5.16 Å². The van der Waals surface area contributed by atoms with Crippen molar-refractivity contribution in [3.05, 3.63) is 54.1 Å². The van der Waals surface area contributed by atoms with Crippen molar-refractivity contribution >= 4 is 15.7 Å². The highest BCUT2D eigenvalue weighted by Gasteiger charge is 2.07. The van der Waals surface area contributed by atoms with Crippen LogP contribution in [0.4, 0.5) is 0 Å². The van der Waals surface area contributed by atoms with Crippen LogP contribution >= 0.6 is 0 Å². The third-order valence-corrected chi connectivity index (χ3v) is 3.87. The minimum absolute atomic E-state index is 0.0130. The molecule has 0 bridgehead atoms. The standard InChI is InChI=1S/C14H14N2O4S/c1-21(18,19)13-8-6-12(7-9-13)20-11-4-2-10(3-5-11)14(15)16-17/h2-9,17H,1H3,(H2,15,16).